The fraction of sp³-hybridized carbons (Fsp3) is 0.308. The Hall–Kier alpha value is -2.22. The van der Waals surface area contributed by atoms with Crippen molar-refractivity contribution in [2.45, 2.75) is 30.8 Å². The molecule has 0 amide bonds. The molecule has 1 heterocycles. The Labute approximate surface area is 125 Å². The third-order valence-corrected chi connectivity index (χ3v) is 3.92. The van der Waals surface area contributed by atoms with Crippen LogP contribution in [0.4, 0.5) is 0 Å². The van der Waals surface area contributed by atoms with Crippen molar-refractivity contribution >= 4 is 17.6 Å². The Kier molecular flexibility index (Phi) is 5.04. The van der Waals surface area contributed by atoms with E-state index in [4.69, 9.17) is 10.9 Å². The van der Waals surface area contributed by atoms with Gasteiger partial charge in [0.2, 0.25) is 0 Å². The number of nitrogens with two attached hydrogens (primary N) is 1. The number of aromatic nitrogens is 3. The van der Waals surface area contributed by atoms with E-state index in [1.807, 2.05) is 25.1 Å². The molecule has 1 aromatic heterocycles. The van der Waals surface area contributed by atoms with E-state index in [1.54, 1.807) is 10.6 Å². The maximum Gasteiger partial charge on any atom is 0.343 e. The minimum Gasteiger partial charge on any atom is -0.409 e. The van der Waals surface area contributed by atoms with Crippen LogP contribution in [0.5, 0.6) is 0 Å². The van der Waals surface area contributed by atoms with Gasteiger partial charge in [-0.1, -0.05) is 42.0 Å². The van der Waals surface area contributed by atoms with Crippen LogP contribution in [0.3, 0.4) is 0 Å². The van der Waals surface area contributed by atoms with Gasteiger partial charge in [0, 0.05) is 17.9 Å². The van der Waals surface area contributed by atoms with Crippen molar-refractivity contribution in [3.63, 3.8) is 0 Å². The summed E-state index contributed by atoms with van der Waals surface area (Å²) in [5, 5.41) is 18.8. The van der Waals surface area contributed by atoms with Crippen LogP contribution in [0.15, 0.2) is 39.4 Å². The summed E-state index contributed by atoms with van der Waals surface area (Å²) in [5.41, 5.74) is 7.04. The zero-order valence-electron chi connectivity index (χ0n) is 11.6. The van der Waals surface area contributed by atoms with E-state index in [-0.39, 0.29) is 11.5 Å². The number of hydrogen-bond donors (Lipinski definition) is 3. The number of rotatable bonds is 6. The molecular formula is C13H17N5O2S. The minimum absolute atomic E-state index is 0.0736. The second-order valence-corrected chi connectivity index (χ2v) is 5.38. The predicted molar refractivity (Wildman–Crippen MR) is 81.7 cm³/mol. The molecule has 8 heteroatoms. The van der Waals surface area contributed by atoms with Crippen molar-refractivity contribution in [3.05, 3.63) is 45.9 Å². The zero-order valence-corrected chi connectivity index (χ0v) is 12.4. The fourth-order valence-corrected chi connectivity index (χ4v) is 2.78. The smallest absolute Gasteiger partial charge is 0.343 e. The van der Waals surface area contributed by atoms with Gasteiger partial charge in [-0.3, -0.25) is 4.57 Å². The quantitative estimate of drug-likeness (QED) is 0.245. The first-order valence-electron chi connectivity index (χ1n) is 6.50. The van der Waals surface area contributed by atoms with Crippen LogP contribution in [0.2, 0.25) is 0 Å². The zero-order chi connectivity index (χ0) is 15.2. The van der Waals surface area contributed by atoms with Crippen molar-refractivity contribution in [2.75, 3.05) is 0 Å². The molecule has 0 unspecified atom stereocenters. The maximum absolute atomic E-state index is 11.6. The third-order valence-electron chi connectivity index (χ3n) is 2.87. The first kappa shape index (κ1) is 15.2. The van der Waals surface area contributed by atoms with Crippen molar-refractivity contribution in [2.24, 2.45) is 10.9 Å². The molecule has 0 atom stereocenters. The van der Waals surface area contributed by atoms with Crippen LogP contribution in [0.25, 0.3) is 0 Å². The molecule has 0 aliphatic carbocycles. The fourth-order valence-electron chi connectivity index (χ4n) is 1.86. The van der Waals surface area contributed by atoms with Gasteiger partial charge in [-0.25, -0.2) is 9.89 Å². The van der Waals surface area contributed by atoms with Crippen LogP contribution in [0.1, 0.15) is 24.5 Å². The number of nitrogens with one attached hydrogen (secondary N) is 1. The van der Waals surface area contributed by atoms with Gasteiger partial charge in [-0.15, -0.1) is 5.10 Å². The minimum atomic E-state index is -0.190. The van der Waals surface area contributed by atoms with Crippen LogP contribution in [0, 0.1) is 0 Å². The summed E-state index contributed by atoms with van der Waals surface area (Å²) in [6, 6.07) is 7.39. The molecule has 0 aliphatic heterocycles. The molecular weight excluding hydrogens is 290 g/mol. The summed E-state index contributed by atoms with van der Waals surface area (Å²) < 4.78 is 1.62. The van der Waals surface area contributed by atoms with Crippen LogP contribution in [-0.2, 0) is 12.3 Å². The second-order valence-electron chi connectivity index (χ2n) is 4.44. The normalized spacial score (nSPS) is 11.8. The Balaban J connectivity index is 2.12. The van der Waals surface area contributed by atoms with Gasteiger partial charge in [0.1, 0.15) is 0 Å². The first-order chi connectivity index (χ1) is 10.2. The van der Waals surface area contributed by atoms with E-state index < -0.39 is 0 Å². The molecule has 2 aromatic rings. The summed E-state index contributed by atoms with van der Waals surface area (Å²) in [7, 11) is 0. The highest BCUT2D eigenvalue weighted by Gasteiger charge is 2.08. The summed E-state index contributed by atoms with van der Waals surface area (Å²) in [6.45, 7) is 2.65. The summed E-state index contributed by atoms with van der Waals surface area (Å²) >= 11 is 1.47. The standard InChI is InChI=1S/C13H17N5O2S/c1-2-6-18-12(19)15-16-13(18)21-8-9-4-3-5-10(7-9)11(14)17-20/h3-5,7,20H,2,6,8H2,1H3,(H2,14,17)(H,15,19). The average Bonchev–Trinajstić information content (AvgIpc) is 2.86. The SMILES string of the molecule is CCCn1c(SCc2cccc(C(N)=NO)c2)n[nH]c1=O. The first-order valence-corrected chi connectivity index (χ1v) is 7.49. The highest BCUT2D eigenvalue weighted by molar-refractivity contribution is 7.98. The number of hydrogen-bond acceptors (Lipinski definition) is 5. The van der Waals surface area contributed by atoms with Crippen LogP contribution < -0.4 is 11.4 Å². The second kappa shape index (κ2) is 6.98. The summed E-state index contributed by atoms with van der Waals surface area (Å²) in [5.74, 6) is 0.713. The van der Waals surface area contributed by atoms with Gasteiger partial charge in [0.15, 0.2) is 11.0 Å². The maximum atomic E-state index is 11.6. The molecule has 7 nitrogen and oxygen atoms in total. The van der Waals surface area contributed by atoms with E-state index in [1.165, 1.54) is 11.8 Å². The van der Waals surface area contributed by atoms with E-state index in [9.17, 15) is 4.79 Å². The van der Waals surface area contributed by atoms with Gasteiger partial charge >= 0.3 is 5.69 Å². The number of aromatic amines is 1. The molecule has 0 fully saturated rings. The number of thioether (sulfide) groups is 1. The van der Waals surface area contributed by atoms with E-state index in [0.29, 0.717) is 23.0 Å². The largest absolute Gasteiger partial charge is 0.409 e. The topological polar surface area (TPSA) is 109 Å². The molecule has 112 valence electrons. The van der Waals surface area contributed by atoms with Gasteiger partial charge in [-0.05, 0) is 18.1 Å². The monoisotopic (exact) mass is 307 g/mol. The molecule has 0 bridgehead atoms. The number of benzene rings is 1. The Morgan fingerprint density at radius 3 is 3.10 bits per heavy atom. The van der Waals surface area contributed by atoms with Gasteiger partial charge < -0.3 is 10.9 Å². The predicted octanol–water partition coefficient (Wildman–Crippen LogP) is 1.37. The summed E-state index contributed by atoms with van der Waals surface area (Å²) in [6.07, 6.45) is 0.867. The lowest BCUT2D eigenvalue weighted by Crippen LogP contribution is -2.17. The molecule has 2 rings (SSSR count). The highest BCUT2D eigenvalue weighted by atomic mass is 32.2. The highest BCUT2D eigenvalue weighted by Crippen LogP contribution is 2.20. The Morgan fingerprint density at radius 1 is 1.57 bits per heavy atom. The average molecular weight is 307 g/mol. The number of nitrogens with zero attached hydrogens (tertiary/aromatic N) is 3. The van der Waals surface area contributed by atoms with E-state index in [2.05, 4.69) is 15.4 Å². The Morgan fingerprint density at radius 2 is 2.38 bits per heavy atom. The molecule has 0 spiro atoms. The number of H-pyrrole nitrogens is 1. The molecule has 1 aromatic carbocycles. The molecule has 4 N–H and O–H groups in total. The molecule has 21 heavy (non-hydrogen) atoms. The van der Waals surface area contributed by atoms with Crippen LogP contribution in [-0.4, -0.2) is 25.8 Å². The number of amidine groups is 1. The van der Waals surface area contributed by atoms with Crippen molar-refractivity contribution in [1.82, 2.24) is 14.8 Å². The van der Waals surface area contributed by atoms with E-state index >= 15 is 0 Å². The van der Waals surface area contributed by atoms with Crippen molar-refractivity contribution in [3.8, 4) is 0 Å². The van der Waals surface area contributed by atoms with Gasteiger partial charge in [0.25, 0.3) is 0 Å². The van der Waals surface area contributed by atoms with E-state index in [0.717, 1.165) is 12.0 Å². The lowest BCUT2D eigenvalue weighted by Gasteiger charge is -2.05. The molecule has 0 aliphatic rings. The Bertz CT molecular complexity index is 692. The molecule has 0 saturated heterocycles. The summed E-state index contributed by atoms with van der Waals surface area (Å²) in [4.78, 5) is 11.6. The molecule has 0 radical (unpaired) electrons. The lowest BCUT2D eigenvalue weighted by molar-refractivity contribution is 0.318. The van der Waals surface area contributed by atoms with Crippen molar-refractivity contribution in [1.29, 1.82) is 0 Å². The van der Waals surface area contributed by atoms with Crippen molar-refractivity contribution < 1.29 is 5.21 Å². The van der Waals surface area contributed by atoms with Gasteiger partial charge in [0.05, 0.1) is 0 Å². The third kappa shape index (κ3) is 3.66. The number of oxime groups is 1. The molecule has 0 saturated carbocycles. The lowest BCUT2D eigenvalue weighted by atomic mass is 10.1. The van der Waals surface area contributed by atoms with Gasteiger partial charge in [-0.2, -0.15) is 0 Å². The van der Waals surface area contributed by atoms with Crippen LogP contribution >= 0.6 is 11.8 Å².